The average molecular weight is 293 g/mol. The lowest BCUT2D eigenvalue weighted by Crippen LogP contribution is -2.43. The Hall–Kier alpha value is -2.31. The first-order valence-corrected chi connectivity index (χ1v) is 6.92. The van der Waals surface area contributed by atoms with Crippen LogP contribution in [0, 0.1) is 10.1 Å². The van der Waals surface area contributed by atoms with E-state index >= 15 is 0 Å². The van der Waals surface area contributed by atoms with Crippen molar-refractivity contribution in [2.75, 3.05) is 25.5 Å². The normalized spacial score (nSPS) is 18.5. The Balaban J connectivity index is 2.15. The third-order valence-electron chi connectivity index (χ3n) is 3.41. The van der Waals surface area contributed by atoms with E-state index in [9.17, 15) is 14.9 Å². The summed E-state index contributed by atoms with van der Waals surface area (Å²) in [6, 6.07) is 4.72. The van der Waals surface area contributed by atoms with Crippen LogP contribution in [0.25, 0.3) is 0 Å². The lowest BCUT2D eigenvalue weighted by atomic mass is 10.1. The van der Waals surface area contributed by atoms with Gasteiger partial charge in [-0.05, 0) is 13.3 Å². The monoisotopic (exact) mass is 293 g/mol. The van der Waals surface area contributed by atoms with Crippen molar-refractivity contribution in [3.8, 4) is 5.75 Å². The number of hydrogen-bond donors (Lipinski definition) is 1. The van der Waals surface area contributed by atoms with Gasteiger partial charge in [-0.1, -0.05) is 0 Å². The summed E-state index contributed by atoms with van der Waals surface area (Å²) in [4.78, 5) is 23.7. The van der Waals surface area contributed by atoms with Crippen LogP contribution >= 0.6 is 0 Å². The molecular formula is C14H19N3O4. The molecule has 1 heterocycles. The minimum Gasteiger partial charge on any atom is -0.494 e. The number of benzene rings is 1. The second-order valence-corrected chi connectivity index (χ2v) is 5.06. The molecule has 7 heteroatoms. The van der Waals surface area contributed by atoms with Crippen molar-refractivity contribution in [1.29, 1.82) is 0 Å². The topological polar surface area (TPSA) is 84.7 Å². The molecule has 1 aromatic carbocycles. The minimum atomic E-state index is -0.440. The van der Waals surface area contributed by atoms with Gasteiger partial charge in [-0.15, -0.1) is 0 Å². The van der Waals surface area contributed by atoms with Gasteiger partial charge in [0.25, 0.3) is 5.69 Å². The van der Waals surface area contributed by atoms with E-state index < -0.39 is 4.92 Å². The molecule has 114 valence electrons. The number of amides is 1. The van der Waals surface area contributed by atoms with E-state index in [0.29, 0.717) is 31.0 Å². The van der Waals surface area contributed by atoms with Crippen LogP contribution in [0.2, 0.25) is 0 Å². The van der Waals surface area contributed by atoms with Gasteiger partial charge in [0.15, 0.2) is 0 Å². The fraction of sp³-hybridized carbons (Fsp3) is 0.500. The van der Waals surface area contributed by atoms with Gasteiger partial charge in [0.05, 0.1) is 17.6 Å². The average Bonchev–Trinajstić information content (AvgIpc) is 2.43. The second kappa shape index (κ2) is 6.43. The number of ether oxygens (including phenoxy) is 1. The predicted molar refractivity (Wildman–Crippen MR) is 78.5 cm³/mol. The third-order valence-corrected chi connectivity index (χ3v) is 3.41. The predicted octanol–water partition coefficient (Wildman–Crippen LogP) is 2.03. The molecule has 0 bridgehead atoms. The van der Waals surface area contributed by atoms with Crippen molar-refractivity contribution in [2.45, 2.75) is 25.8 Å². The number of carbonyl (C=O) groups is 1. The summed E-state index contributed by atoms with van der Waals surface area (Å²) in [5, 5.41) is 14.2. The smallest absolute Gasteiger partial charge is 0.275 e. The molecule has 21 heavy (non-hydrogen) atoms. The molecule has 1 aromatic rings. The standard InChI is InChI=1S/C14H19N3O4/c1-3-21-13-7-11(6-12(8-13)17(19)20)15-10-4-5-14(18)16(2)9-10/h6-8,10,15H,3-5,9H2,1-2H3. The lowest BCUT2D eigenvalue weighted by Gasteiger charge is -2.30. The largest absolute Gasteiger partial charge is 0.494 e. The summed E-state index contributed by atoms with van der Waals surface area (Å²) in [5.74, 6) is 0.594. The molecular weight excluding hydrogens is 274 g/mol. The molecule has 1 aliphatic heterocycles. The molecule has 0 aromatic heterocycles. The number of rotatable bonds is 5. The molecule has 0 aliphatic carbocycles. The Bertz CT molecular complexity index is 547. The molecule has 1 N–H and O–H groups in total. The SMILES string of the molecule is CCOc1cc(NC2CCC(=O)N(C)C2)cc([N+](=O)[O-])c1. The number of likely N-dealkylation sites (tertiary alicyclic amines) is 1. The Kier molecular flexibility index (Phi) is 4.62. The van der Waals surface area contributed by atoms with E-state index in [4.69, 9.17) is 4.74 Å². The fourth-order valence-electron chi connectivity index (χ4n) is 2.39. The Morgan fingerprint density at radius 2 is 2.24 bits per heavy atom. The number of nitrogens with zero attached hydrogens (tertiary/aromatic N) is 2. The van der Waals surface area contributed by atoms with E-state index in [1.165, 1.54) is 12.1 Å². The molecule has 0 radical (unpaired) electrons. The number of piperidine rings is 1. The van der Waals surface area contributed by atoms with Crippen LogP contribution in [-0.2, 0) is 4.79 Å². The summed E-state index contributed by atoms with van der Waals surface area (Å²) in [6.45, 7) is 2.86. The van der Waals surface area contributed by atoms with Crippen molar-refractivity contribution in [3.05, 3.63) is 28.3 Å². The quantitative estimate of drug-likeness (QED) is 0.663. The number of nitro benzene ring substituents is 1. The first kappa shape index (κ1) is 15.1. The number of hydrogen-bond acceptors (Lipinski definition) is 5. The minimum absolute atomic E-state index is 0.0105. The van der Waals surface area contributed by atoms with E-state index in [1.54, 1.807) is 18.0 Å². The zero-order valence-corrected chi connectivity index (χ0v) is 12.2. The van der Waals surface area contributed by atoms with E-state index in [1.807, 2.05) is 6.92 Å². The van der Waals surface area contributed by atoms with Crippen molar-refractivity contribution in [2.24, 2.45) is 0 Å². The highest BCUT2D eigenvalue weighted by Crippen LogP contribution is 2.27. The highest BCUT2D eigenvalue weighted by molar-refractivity contribution is 5.77. The number of nitrogens with one attached hydrogen (secondary N) is 1. The number of carbonyl (C=O) groups excluding carboxylic acids is 1. The van der Waals surface area contributed by atoms with Crippen LogP contribution in [0.4, 0.5) is 11.4 Å². The van der Waals surface area contributed by atoms with Crippen LogP contribution in [-0.4, -0.2) is 42.0 Å². The van der Waals surface area contributed by atoms with Gasteiger partial charge in [-0.2, -0.15) is 0 Å². The summed E-state index contributed by atoms with van der Waals surface area (Å²) in [5.41, 5.74) is 0.629. The molecule has 1 aliphatic rings. The molecule has 7 nitrogen and oxygen atoms in total. The highest BCUT2D eigenvalue weighted by Gasteiger charge is 2.23. The highest BCUT2D eigenvalue weighted by atomic mass is 16.6. The van der Waals surface area contributed by atoms with Crippen LogP contribution in [0.15, 0.2) is 18.2 Å². The maximum Gasteiger partial charge on any atom is 0.275 e. The maximum atomic E-state index is 11.5. The van der Waals surface area contributed by atoms with Crippen molar-refractivity contribution < 1.29 is 14.5 Å². The number of likely N-dealkylation sites (N-methyl/N-ethyl adjacent to an activating group) is 1. The van der Waals surface area contributed by atoms with Crippen LogP contribution in [0.1, 0.15) is 19.8 Å². The van der Waals surface area contributed by atoms with E-state index in [2.05, 4.69) is 5.32 Å². The molecule has 1 saturated heterocycles. The Labute approximate surface area is 123 Å². The van der Waals surface area contributed by atoms with Gasteiger partial charge in [-0.25, -0.2) is 0 Å². The zero-order valence-electron chi connectivity index (χ0n) is 12.2. The summed E-state index contributed by atoms with van der Waals surface area (Å²) >= 11 is 0. The summed E-state index contributed by atoms with van der Waals surface area (Å²) in [7, 11) is 1.76. The van der Waals surface area contributed by atoms with Crippen molar-refractivity contribution >= 4 is 17.3 Å². The van der Waals surface area contributed by atoms with Gasteiger partial charge in [-0.3, -0.25) is 14.9 Å². The molecule has 1 atom stereocenters. The number of anilines is 1. The molecule has 0 saturated carbocycles. The van der Waals surface area contributed by atoms with Crippen LogP contribution in [0.3, 0.4) is 0 Å². The van der Waals surface area contributed by atoms with Crippen LogP contribution in [0.5, 0.6) is 5.75 Å². The molecule has 1 unspecified atom stereocenters. The number of nitro groups is 1. The third kappa shape index (κ3) is 3.84. The first-order valence-electron chi connectivity index (χ1n) is 6.92. The summed E-state index contributed by atoms with van der Waals surface area (Å²) in [6.07, 6.45) is 1.21. The van der Waals surface area contributed by atoms with Gasteiger partial charge in [0, 0.05) is 43.9 Å². The molecule has 1 amide bonds. The van der Waals surface area contributed by atoms with E-state index in [0.717, 1.165) is 6.42 Å². The molecule has 0 spiro atoms. The first-order chi connectivity index (χ1) is 9.99. The summed E-state index contributed by atoms with van der Waals surface area (Å²) < 4.78 is 5.36. The lowest BCUT2D eigenvalue weighted by molar-refractivity contribution is -0.384. The van der Waals surface area contributed by atoms with Gasteiger partial charge in [0.2, 0.25) is 5.91 Å². The Morgan fingerprint density at radius 3 is 2.86 bits per heavy atom. The second-order valence-electron chi connectivity index (χ2n) is 5.06. The van der Waals surface area contributed by atoms with Crippen LogP contribution < -0.4 is 10.1 Å². The van der Waals surface area contributed by atoms with Crippen molar-refractivity contribution in [1.82, 2.24) is 4.90 Å². The van der Waals surface area contributed by atoms with Crippen molar-refractivity contribution in [3.63, 3.8) is 0 Å². The van der Waals surface area contributed by atoms with Gasteiger partial charge >= 0.3 is 0 Å². The zero-order chi connectivity index (χ0) is 15.4. The van der Waals surface area contributed by atoms with Gasteiger partial charge < -0.3 is 15.0 Å². The van der Waals surface area contributed by atoms with E-state index in [-0.39, 0.29) is 17.6 Å². The van der Waals surface area contributed by atoms with Gasteiger partial charge in [0.1, 0.15) is 5.75 Å². The maximum absolute atomic E-state index is 11.5. The fourth-order valence-corrected chi connectivity index (χ4v) is 2.39. The molecule has 1 fully saturated rings. The Morgan fingerprint density at radius 1 is 1.48 bits per heavy atom. The number of non-ortho nitro benzene ring substituents is 1. The molecule has 2 rings (SSSR count).